The summed E-state index contributed by atoms with van der Waals surface area (Å²) in [6, 6.07) is 13.7. The SMILES string of the molecule is CC[C@H](NC(O)c1cccc(-c2ccccc2)n1)C(=O)N[C@@H](CC(C)C)B1OC(=O)CC(CC(=O)O)(C(=O)O)O1. The highest BCUT2D eigenvalue weighted by Crippen LogP contribution is 2.30. The number of carbonyl (C=O) groups excluding carboxylic acids is 2. The van der Waals surface area contributed by atoms with Crippen molar-refractivity contribution in [3.05, 3.63) is 54.2 Å². The molecule has 4 atom stereocenters. The topological polar surface area (TPSA) is 184 Å². The van der Waals surface area contributed by atoms with Crippen LogP contribution >= 0.6 is 0 Å². The van der Waals surface area contributed by atoms with E-state index in [4.69, 9.17) is 9.31 Å². The second-order valence-electron chi connectivity index (χ2n) is 10.1. The first-order chi connectivity index (χ1) is 18.9. The van der Waals surface area contributed by atoms with Crippen LogP contribution in [-0.2, 0) is 28.5 Å². The summed E-state index contributed by atoms with van der Waals surface area (Å²) in [7, 11) is -1.53. The molecule has 0 radical (unpaired) electrons. The van der Waals surface area contributed by atoms with Gasteiger partial charge in [-0.2, -0.15) is 0 Å². The molecule has 5 N–H and O–H groups in total. The molecule has 2 heterocycles. The van der Waals surface area contributed by atoms with E-state index in [9.17, 15) is 34.5 Å². The summed E-state index contributed by atoms with van der Waals surface area (Å²) in [5.74, 6) is -5.63. The molecule has 1 aliphatic rings. The van der Waals surface area contributed by atoms with E-state index < -0.39 is 67.6 Å². The number of hydrogen-bond donors (Lipinski definition) is 5. The second-order valence-corrected chi connectivity index (χ2v) is 10.1. The molecule has 40 heavy (non-hydrogen) atoms. The Kier molecular flexibility index (Phi) is 10.4. The maximum absolute atomic E-state index is 13.3. The van der Waals surface area contributed by atoms with E-state index in [2.05, 4.69) is 15.6 Å². The molecule has 12 nitrogen and oxygen atoms in total. The van der Waals surface area contributed by atoms with Crippen molar-refractivity contribution in [2.24, 2.45) is 5.92 Å². The predicted octanol–water partition coefficient (Wildman–Crippen LogP) is 1.93. The molecule has 1 fully saturated rings. The Balaban J connectivity index is 1.77. The average Bonchev–Trinajstić information content (AvgIpc) is 2.90. The number of hydrogen-bond acceptors (Lipinski definition) is 9. The standard InChI is InChI=1S/C27H34BN3O9/c1-4-18(30-25(36)20-12-8-11-19(29-20)17-9-6-5-7-10-17)24(35)31-21(13-16(2)3)28-39-23(34)15-27(40-28,26(37)38)14-22(32)33/h5-12,16,18,21,25,30,36H,4,13-15H2,1-3H3,(H,31,35)(H,32,33)(H,37,38)/t18-,21-,25?,27?/m0/s1. The van der Waals surface area contributed by atoms with Crippen molar-refractivity contribution in [1.82, 2.24) is 15.6 Å². The minimum absolute atomic E-state index is 0.0446. The summed E-state index contributed by atoms with van der Waals surface area (Å²) in [6.45, 7) is 5.42. The summed E-state index contributed by atoms with van der Waals surface area (Å²) in [5, 5.41) is 35.4. The molecule has 0 bridgehead atoms. The van der Waals surface area contributed by atoms with Crippen molar-refractivity contribution in [2.45, 2.75) is 70.3 Å². The minimum Gasteiger partial charge on any atom is -0.508 e. The third-order valence-corrected chi connectivity index (χ3v) is 6.43. The van der Waals surface area contributed by atoms with Gasteiger partial charge in [-0.25, -0.2) is 9.78 Å². The second kappa shape index (κ2) is 13.5. The van der Waals surface area contributed by atoms with Crippen LogP contribution in [0.15, 0.2) is 48.5 Å². The van der Waals surface area contributed by atoms with E-state index in [1.807, 2.05) is 44.2 Å². The number of carboxylic acid groups (broad SMARTS) is 2. The van der Waals surface area contributed by atoms with Crippen molar-refractivity contribution in [3.8, 4) is 11.3 Å². The Labute approximate surface area is 232 Å². The zero-order valence-electron chi connectivity index (χ0n) is 22.6. The lowest BCUT2D eigenvalue weighted by Gasteiger charge is -2.38. The smallest absolute Gasteiger partial charge is 0.508 e. The van der Waals surface area contributed by atoms with Crippen LogP contribution in [0.4, 0.5) is 0 Å². The fourth-order valence-corrected chi connectivity index (χ4v) is 4.46. The molecule has 1 aromatic carbocycles. The number of amides is 1. The quantitative estimate of drug-likeness (QED) is 0.180. The van der Waals surface area contributed by atoms with Gasteiger partial charge in [0.15, 0.2) is 5.60 Å². The first-order valence-corrected chi connectivity index (χ1v) is 13.0. The first-order valence-electron chi connectivity index (χ1n) is 13.0. The number of aromatic nitrogens is 1. The zero-order valence-corrected chi connectivity index (χ0v) is 22.6. The molecule has 0 spiro atoms. The van der Waals surface area contributed by atoms with Gasteiger partial charge in [-0.3, -0.25) is 19.7 Å². The van der Waals surface area contributed by atoms with E-state index >= 15 is 0 Å². The molecule has 1 aliphatic heterocycles. The molecular formula is C27H34BN3O9. The van der Waals surface area contributed by atoms with Crippen LogP contribution in [0.25, 0.3) is 11.3 Å². The number of aliphatic hydroxyl groups excluding tert-OH is 1. The number of carbonyl (C=O) groups is 4. The number of nitrogens with zero attached hydrogens (tertiary/aromatic N) is 1. The van der Waals surface area contributed by atoms with Crippen LogP contribution in [-0.4, -0.2) is 68.8 Å². The van der Waals surface area contributed by atoms with Gasteiger partial charge in [-0.05, 0) is 30.9 Å². The van der Waals surface area contributed by atoms with Crippen LogP contribution in [0.2, 0.25) is 0 Å². The predicted molar refractivity (Wildman–Crippen MR) is 143 cm³/mol. The van der Waals surface area contributed by atoms with Crippen molar-refractivity contribution < 1.29 is 43.8 Å². The van der Waals surface area contributed by atoms with Gasteiger partial charge in [0.1, 0.15) is 6.23 Å². The molecule has 1 aromatic heterocycles. The average molecular weight is 555 g/mol. The highest BCUT2D eigenvalue weighted by Gasteiger charge is 2.54. The monoisotopic (exact) mass is 555 g/mol. The lowest BCUT2D eigenvalue weighted by Crippen LogP contribution is -2.62. The molecule has 0 aliphatic carbocycles. The third kappa shape index (κ3) is 7.87. The van der Waals surface area contributed by atoms with Gasteiger partial charge in [0.05, 0.1) is 36.2 Å². The minimum atomic E-state index is -2.33. The van der Waals surface area contributed by atoms with Gasteiger partial charge in [-0.1, -0.05) is 57.2 Å². The number of rotatable bonds is 13. The van der Waals surface area contributed by atoms with E-state index in [0.29, 0.717) is 11.4 Å². The van der Waals surface area contributed by atoms with Gasteiger partial charge in [0.25, 0.3) is 5.97 Å². The van der Waals surface area contributed by atoms with Gasteiger partial charge in [0, 0.05) is 5.56 Å². The molecule has 3 rings (SSSR count). The molecular weight excluding hydrogens is 521 g/mol. The maximum atomic E-state index is 13.3. The Morgan fingerprint density at radius 1 is 1.10 bits per heavy atom. The summed E-state index contributed by atoms with van der Waals surface area (Å²) in [6.07, 6.45) is -2.54. The van der Waals surface area contributed by atoms with Gasteiger partial charge in [0.2, 0.25) is 5.91 Å². The van der Waals surface area contributed by atoms with Crippen LogP contribution < -0.4 is 10.6 Å². The van der Waals surface area contributed by atoms with Crippen LogP contribution in [0.1, 0.15) is 58.4 Å². The van der Waals surface area contributed by atoms with Crippen molar-refractivity contribution in [1.29, 1.82) is 0 Å². The largest absolute Gasteiger partial charge is 0.552 e. The molecule has 1 amide bonds. The number of pyridine rings is 1. The van der Waals surface area contributed by atoms with Gasteiger partial charge >= 0.3 is 19.1 Å². The van der Waals surface area contributed by atoms with Crippen LogP contribution in [0, 0.1) is 5.92 Å². The summed E-state index contributed by atoms with van der Waals surface area (Å²) in [5.41, 5.74) is -0.524. The number of carboxylic acids is 2. The summed E-state index contributed by atoms with van der Waals surface area (Å²) >= 11 is 0. The van der Waals surface area contributed by atoms with Crippen molar-refractivity contribution in [3.63, 3.8) is 0 Å². The lowest BCUT2D eigenvalue weighted by molar-refractivity contribution is -0.175. The first kappa shape index (κ1) is 30.7. The Morgan fingerprint density at radius 2 is 1.80 bits per heavy atom. The lowest BCUT2D eigenvalue weighted by atomic mass is 9.70. The Hall–Kier alpha value is -3.81. The number of nitrogens with one attached hydrogen (secondary N) is 2. The number of aliphatic carboxylic acids is 2. The van der Waals surface area contributed by atoms with Crippen LogP contribution in [0.3, 0.4) is 0 Å². The van der Waals surface area contributed by atoms with E-state index in [1.54, 1.807) is 25.1 Å². The number of benzene rings is 1. The number of aliphatic hydroxyl groups is 1. The molecule has 214 valence electrons. The van der Waals surface area contributed by atoms with E-state index in [1.165, 1.54) is 0 Å². The normalized spacial score (nSPS) is 19.4. The fraction of sp³-hybridized carbons (Fsp3) is 0.444. The van der Waals surface area contributed by atoms with Crippen molar-refractivity contribution >= 4 is 30.9 Å². The third-order valence-electron chi connectivity index (χ3n) is 6.43. The summed E-state index contributed by atoms with van der Waals surface area (Å²) in [4.78, 5) is 53.5. The van der Waals surface area contributed by atoms with Crippen molar-refractivity contribution in [2.75, 3.05) is 0 Å². The molecule has 1 saturated heterocycles. The molecule has 2 unspecified atom stereocenters. The van der Waals surface area contributed by atoms with E-state index in [0.717, 1.165) is 5.56 Å². The van der Waals surface area contributed by atoms with Crippen LogP contribution in [0.5, 0.6) is 0 Å². The molecule has 0 saturated carbocycles. The highest BCUT2D eigenvalue weighted by molar-refractivity contribution is 6.50. The van der Waals surface area contributed by atoms with Gasteiger partial charge in [-0.15, -0.1) is 0 Å². The molecule has 2 aromatic rings. The van der Waals surface area contributed by atoms with E-state index in [-0.39, 0.29) is 18.8 Å². The van der Waals surface area contributed by atoms with Gasteiger partial charge < -0.3 is 29.9 Å². The zero-order chi connectivity index (χ0) is 29.4. The Morgan fingerprint density at radius 3 is 2.40 bits per heavy atom. The maximum Gasteiger partial charge on any atom is 0.552 e. The fourth-order valence-electron chi connectivity index (χ4n) is 4.46. The highest BCUT2D eigenvalue weighted by atomic mass is 16.6. The molecule has 13 heteroatoms. The Bertz CT molecular complexity index is 1210. The summed E-state index contributed by atoms with van der Waals surface area (Å²) < 4.78 is 10.8.